The molecule has 1 aliphatic carbocycles. The fourth-order valence-electron chi connectivity index (χ4n) is 6.36. The molecule has 0 amide bonds. The van der Waals surface area contributed by atoms with Crippen LogP contribution in [0.4, 0.5) is 0 Å². The Hall–Kier alpha value is -3.73. The molecule has 0 bridgehead atoms. The van der Waals surface area contributed by atoms with Gasteiger partial charge in [-0.25, -0.2) is 0 Å². The highest BCUT2D eigenvalue weighted by atomic mass is 15.2. The maximum Gasteiger partial charge on any atom is 0.0991 e. The van der Waals surface area contributed by atoms with Crippen molar-refractivity contribution in [1.29, 1.82) is 10.5 Å². The fourth-order valence-corrected chi connectivity index (χ4v) is 6.36. The summed E-state index contributed by atoms with van der Waals surface area (Å²) >= 11 is 0. The summed E-state index contributed by atoms with van der Waals surface area (Å²) in [4.78, 5) is 7.39. The van der Waals surface area contributed by atoms with Crippen molar-refractivity contribution in [3.05, 3.63) is 112 Å². The van der Waals surface area contributed by atoms with Crippen LogP contribution in [0.1, 0.15) is 83.3 Å². The van der Waals surface area contributed by atoms with Crippen molar-refractivity contribution >= 4 is 0 Å². The van der Waals surface area contributed by atoms with Gasteiger partial charge in [-0.2, -0.15) is 10.5 Å². The van der Waals surface area contributed by atoms with E-state index in [-0.39, 0.29) is 11.3 Å². The lowest BCUT2D eigenvalue weighted by atomic mass is 9.82. The van der Waals surface area contributed by atoms with Crippen molar-refractivity contribution in [3.63, 3.8) is 0 Å². The molecule has 2 atom stereocenters. The van der Waals surface area contributed by atoms with E-state index in [0.29, 0.717) is 23.6 Å². The minimum atomic E-state index is 0.0249. The van der Waals surface area contributed by atoms with Crippen LogP contribution < -0.4 is 0 Å². The molecule has 0 fully saturated rings. The zero-order valence-electron chi connectivity index (χ0n) is 22.1. The van der Waals surface area contributed by atoms with Gasteiger partial charge in [0.05, 0.1) is 17.7 Å². The Morgan fingerprint density at radius 3 is 2.76 bits per heavy atom. The molecule has 1 aliphatic heterocycles. The molecule has 0 saturated heterocycles. The van der Waals surface area contributed by atoms with Crippen molar-refractivity contribution in [2.24, 2.45) is 5.41 Å². The van der Waals surface area contributed by atoms with Crippen LogP contribution in [0.3, 0.4) is 0 Å². The lowest BCUT2D eigenvalue weighted by molar-refractivity contribution is 0.128. The number of rotatable bonds is 5. The van der Waals surface area contributed by atoms with Crippen LogP contribution >= 0.6 is 0 Å². The lowest BCUT2D eigenvalue weighted by Crippen LogP contribution is -2.35. The zero-order chi connectivity index (χ0) is 26.2. The smallest absolute Gasteiger partial charge is 0.0991 e. The molecule has 2 aliphatic rings. The Morgan fingerprint density at radius 1 is 1.16 bits per heavy atom. The van der Waals surface area contributed by atoms with E-state index >= 15 is 0 Å². The fraction of sp³-hybridized carbons (Fsp3) is 0.364. The molecule has 0 spiro atoms. The van der Waals surface area contributed by atoms with E-state index in [1.807, 2.05) is 18.3 Å². The predicted molar refractivity (Wildman–Crippen MR) is 147 cm³/mol. The first-order valence-electron chi connectivity index (χ1n) is 13.2. The molecule has 5 rings (SSSR count). The largest absolute Gasteiger partial charge is 0.291 e. The number of nitriles is 2. The van der Waals surface area contributed by atoms with Crippen LogP contribution in [-0.4, -0.2) is 16.4 Å². The minimum absolute atomic E-state index is 0.0249. The van der Waals surface area contributed by atoms with Crippen molar-refractivity contribution in [1.82, 2.24) is 9.88 Å². The first-order valence-corrected chi connectivity index (χ1v) is 13.2. The van der Waals surface area contributed by atoms with Crippen molar-refractivity contribution in [2.75, 3.05) is 6.54 Å². The van der Waals surface area contributed by atoms with Crippen LogP contribution in [0.15, 0.2) is 66.9 Å². The SMILES string of the molecule is C=C(C#N)CC(c1ccc2c(c1)C(N1Cc3cccnc3CC(C)(C)C1)CC2)c1ccc(C#N)cc1C. The number of allylic oxidation sites excluding steroid dienone is 1. The van der Waals surface area contributed by atoms with Gasteiger partial charge in [-0.1, -0.05) is 50.8 Å². The number of pyridine rings is 1. The maximum atomic E-state index is 9.55. The van der Waals surface area contributed by atoms with Gasteiger partial charge < -0.3 is 0 Å². The minimum Gasteiger partial charge on any atom is -0.291 e. The average molecular weight is 487 g/mol. The molecule has 37 heavy (non-hydrogen) atoms. The average Bonchev–Trinajstić information content (AvgIpc) is 3.24. The van der Waals surface area contributed by atoms with Crippen molar-refractivity contribution < 1.29 is 0 Å². The highest BCUT2D eigenvalue weighted by molar-refractivity contribution is 5.47. The number of hydrogen-bond acceptors (Lipinski definition) is 4. The van der Waals surface area contributed by atoms with E-state index in [0.717, 1.165) is 43.5 Å². The second-order valence-electron chi connectivity index (χ2n) is 11.5. The summed E-state index contributed by atoms with van der Waals surface area (Å²) in [5.41, 5.74) is 10.2. The molecule has 0 saturated carbocycles. The topological polar surface area (TPSA) is 63.7 Å². The summed E-state index contributed by atoms with van der Waals surface area (Å²) in [7, 11) is 0. The zero-order valence-corrected chi connectivity index (χ0v) is 22.1. The first-order chi connectivity index (χ1) is 17.8. The van der Waals surface area contributed by atoms with Crippen LogP contribution in [0.5, 0.6) is 0 Å². The van der Waals surface area contributed by atoms with E-state index in [9.17, 15) is 10.5 Å². The number of nitrogens with zero attached hydrogens (tertiary/aromatic N) is 4. The van der Waals surface area contributed by atoms with Gasteiger partial charge in [0, 0.05) is 42.5 Å². The van der Waals surface area contributed by atoms with Crippen molar-refractivity contribution in [3.8, 4) is 12.1 Å². The molecule has 2 aromatic carbocycles. The second-order valence-corrected chi connectivity index (χ2v) is 11.5. The Bertz CT molecular complexity index is 1440. The summed E-state index contributed by atoms with van der Waals surface area (Å²) in [6.07, 6.45) is 5.69. The summed E-state index contributed by atoms with van der Waals surface area (Å²) in [5, 5.41) is 18.9. The van der Waals surface area contributed by atoms with Gasteiger partial charge in [-0.3, -0.25) is 9.88 Å². The summed E-state index contributed by atoms with van der Waals surface area (Å²) in [5.74, 6) is 0.0249. The maximum absolute atomic E-state index is 9.55. The van der Waals surface area contributed by atoms with Crippen LogP contribution in [-0.2, 0) is 19.4 Å². The van der Waals surface area contributed by atoms with Gasteiger partial charge in [-0.05, 0) is 89.6 Å². The van der Waals surface area contributed by atoms with E-state index in [4.69, 9.17) is 4.98 Å². The quantitative estimate of drug-likeness (QED) is 0.367. The standard InChI is InChI=1S/C33H34N4/c1-22(18-34)14-29(28-11-7-24(19-35)15-23(28)2)26-9-8-25-10-12-32(30(25)16-26)37-20-27-6-5-13-36-31(27)17-33(3,4)21-37/h5-9,11,13,15-16,29,32H,1,10,12,14,17,20-21H2,2-4H3. The molecule has 0 N–H and O–H groups in total. The molecule has 2 unspecified atom stereocenters. The number of aryl methyl sites for hydroxylation is 2. The van der Waals surface area contributed by atoms with Gasteiger partial charge in [0.25, 0.3) is 0 Å². The number of fused-ring (bicyclic) bond motifs is 2. The van der Waals surface area contributed by atoms with E-state index in [1.54, 1.807) is 0 Å². The summed E-state index contributed by atoms with van der Waals surface area (Å²) in [6, 6.07) is 21.9. The predicted octanol–water partition coefficient (Wildman–Crippen LogP) is 6.94. The normalized spacial score (nSPS) is 19.1. The Morgan fingerprint density at radius 2 is 2.00 bits per heavy atom. The lowest BCUT2D eigenvalue weighted by Gasteiger charge is -2.34. The molecule has 4 nitrogen and oxygen atoms in total. The van der Waals surface area contributed by atoms with Gasteiger partial charge in [0.2, 0.25) is 0 Å². The third-order valence-electron chi connectivity index (χ3n) is 8.08. The van der Waals surface area contributed by atoms with Crippen LogP contribution in [0, 0.1) is 35.0 Å². The molecule has 4 heteroatoms. The number of hydrogen-bond donors (Lipinski definition) is 0. The molecule has 0 radical (unpaired) electrons. The second kappa shape index (κ2) is 9.97. The van der Waals surface area contributed by atoms with Gasteiger partial charge in [-0.15, -0.1) is 0 Å². The molecular formula is C33H34N4. The molecule has 3 aromatic rings. The summed E-state index contributed by atoms with van der Waals surface area (Å²) < 4.78 is 0. The van der Waals surface area contributed by atoms with E-state index in [2.05, 4.69) is 80.8 Å². The highest BCUT2D eigenvalue weighted by Crippen LogP contribution is 2.43. The van der Waals surface area contributed by atoms with E-state index in [1.165, 1.54) is 27.9 Å². The Labute approximate surface area is 220 Å². The van der Waals surface area contributed by atoms with Gasteiger partial charge in [0.1, 0.15) is 0 Å². The molecular weight excluding hydrogens is 452 g/mol. The molecule has 1 aromatic heterocycles. The van der Waals surface area contributed by atoms with E-state index < -0.39 is 0 Å². The van der Waals surface area contributed by atoms with Crippen LogP contribution in [0.2, 0.25) is 0 Å². The molecule has 2 heterocycles. The van der Waals surface area contributed by atoms with Gasteiger partial charge >= 0.3 is 0 Å². The monoisotopic (exact) mass is 486 g/mol. The van der Waals surface area contributed by atoms with Gasteiger partial charge in [0.15, 0.2) is 0 Å². The Balaban J connectivity index is 1.53. The first kappa shape index (κ1) is 24.9. The highest BCUT2D eigenvalue weighted by Gasteiger charge is 2.35. The molecule has 186 valence electrons. The third-order valence-corrected chi connectivity index (χ3v) is 8.08. The third kappa shape index (κ3) is 5.08. The van der Waals surface area contributed by atoms with Crippen molar-refractivity contribution in [2.45, 2.75) is 65.0 Å². The summed E-state index contributed by atoms with van der Waals surface area (Å²) in [6.45, 7) is 12.7. The number of benzene rings is 2. The Kier molecular flexibility index (Phi) is 6.72. The number of aromatic nitrogens is 1. The van der Waals surface area contributed by atoms with Crippen LogP contribution in [0.25, 0.3) is 0 Å².